The van der Waals surface area contributed by atoms with E-state index in [1.807, 2.05) is 6.92 Å². The van der Waals surface area contributed by atoms with E-state index in [1.54, 1.807) is 21.7 Å². The standard InChI is InChI=1S/C23H25ClFN7O2/c1-14(30-17-4-6-31(13-26)7-5-17)22(27)15-8-20(23-18(24)10-29-32(23)11-15)34-21(12-33)19-3-2-16(25)9-28-19/h2-3,8-11,17,21,30,33H,4-7,12,27H2,1H3/b22-14-. The number of hydrogen-bond donors (Lipinski definition) is 3. The Balaban J connectivity index is 1.63. The highest BCUT2D eigenvalue weighted by Crippen LogP contribution is 2.33. The molecule has 11 heteroatoms. The molecule has 1 fully saturated rings. The van der Waals surface area contributed by atoms with Crippen molar-refractivity contribution in [2.45, 2.75) is 31.9 Å². The van der Waals surface area contributed by atoms with Crippen molar-refractivity contribution in [3.63, 3.8) is 0 Å². The molecule has 9 nitrogen and oxygen atoms in total. The second-order valence-electron chi connectivity index (χ2n) is 8.11. The molecule has 0 amide bonds. The summed E-state index contributed by atoms with van der Waals surface area (Å²) in [6, 6.07) is 4.65. The minimum absolute atomic E-state index is 0.213. The fourth-order valence-corrected chi connectivity index (χ4v) is 4.16. The number of halogens is 2. The molecule has 3 aromatic heterocycles. The Morgan fingerprint density at radius 1 is 1.41 bits per heavy atom. The number of nitrogens with zero attached hydrogens (tertiary/aromatic N) is 5. The van der Waals surface area contributed by atoms with Crippen LogP contribution in [-0.4, -0.2) is 50.3 Å². The SMILES string of the molecule is C/C(NC1CCN(C#N)CC1)=C(/N)c1cc(OC(CO)c2ccc(F)cn2)c2c(Cl)cnn2c1. The number of rotatable bonds is 7. The van der Waals surface area contributed by atoms with Gasteiger partial charge in [-0.05, 0) is 38.0 Å². The first-order chi connectivity index (χ1) is 16.4. The van der Waals surface area contributed by atoms with Gasteiger partial charge in [-0.1, -0.05) is 11.6 Å². The van der Waals surface area contributed by atoms with E-state index in [0.29, 0.717) is 46.3 Å². The maximum Gasteiger partial charge on any atom is 0.179 e. The molecule has 0 aliphatic carbocycles. The molecule has 0 bridgehead atoms. The molecule has 178 valence electrons. The average molecular weight is 486 g/mol. The number of nitrogens with two attached hydrogens (primary N) is 1. The van der Waals surface area contributed by atoms with Crippen molar-refractivity contribution in [2.24, 2.45) is 5.73 Å². The number of nitriles is 1. The summed E-state index contributed by atoms with van der Waals surface area (Å²) in [4.78, 5) is 5.76. The minimum Gasteiger partial charge on any atom is -0.479 e. The summed E-state index contributed by atoms with van der Waals surface area (Å²) in [7, 11) is 0. The molecule has 3 aromatic rings. The third-order valence-electron chi connectivity index (χ3n) is 5.82. The normalized spacial score (nSPS) is 16.1. The molecule has 0 saturated carbocycles. The van der Waals surface area contributed by atoms with Crippen molar-refractivity contribution < 1.29 is 14.2 Å². The molecule has 0 radical (unpaired) electrons. The van der Waals surface area contributed by atoms with Crippen molar-refractivity contribution in [1.82, 2.24) is 24.8 Å². The van der Waals surface area contributed by atoms with E-state index >= 15 is 0 Å². The zero-order valence-corrected chi connectivity index (χ0v) is 19.3. The van der Waals surface area contributed by atoms with E-state index in [4.69, 9.17) is 27.3 Å². The second kappa shape index (κ2) is 10.2. The first-order valence-electron chi connectivity index (χ1n) is 10.8. The lowest BCUT2D eigenvalue weighted by Crippen LogP contribution is -2.40. The van der Waals surface area contributed by atoms with Crippen LogP contribution in [0.1, 0.15) is 37.1 Å². The maximum absolute atomic E-state index is 13.3. The van der Waals surface area contributed by atoms with Crippen molar-refractivity contribution in [3.05, 3.63) is 64.6 Å². The number of piperidine rings is 1. The number of likely N-dealkylation sites (tertiary alicyclic amines) is 1. The van der Waals surface area contributed by atoms with Crippen LogP contribution >= 0.6 is 11.6 Å². The predicted octanol–water partition coefficient (Wildman–Crippen LogP) is 2.82. The Hall–Kier alpha value is -3.55. The van der Waals surface area contributed by atoms with Crippen molar-refractivity contribution in [2.75, 3.05) is 19.7 Å². The van der Waals surface area contributed by atoms with Crippen LogP contribution in [0.4, 0.5) is 4.39 Å². The van der Waals surface area contributed by atoms with Gasteiger partial charge in [0.15, 0.2) is 12.3 Å². The van der Waals surface area contributed by atoms with E-state index in [1.165, 1.54) is 18.3 Å². The highest BCUT2D eigenvalue weighted by molar-refractivity contribution is 6.34. The Labute approximate surface area is 201 Å². The Bertz CT molecular complexity index is 1230. The fraction of sp³-hybridized carbons (Fsp3) is 0.348. The monoisotopic (exact) mass is 485 g/mol. The number of ether oxygens (including phenoxy) is 1. The van der Waals surface area contributed by atoms with Gasteiger partial charge in [-0.15, -0.1) is 0 Å². The molecule has 4 heterocycles. The van der Waals surface area contributed by atoms with E-state index in [2.05, 4.69) is 21.6 Å². The predicted molar refractivity (Wildman–Crippen MR) is 125 cm³/mol. The van der Waals surface area contributed by atoms with Gasteiger partial charge < -0.3 is 25.8 Å². The Morgan fingerprint density at radius 2 is 2.18 bits per heavy atom. The first kappa shape index (κ1) is 23.6. The molecular weight excluding hydrogens is 461 g/mol. The van der Waals surface area contributed by atoms with Gasteiger partial charge in [0.2, 0.25) is 0 Å². The van der Waals surface area contributed by atoms with Crippen LogP contribution in [0.3, 0.4) is 0 Å². The van der Waals surface area contributed by atoms with Gasteiger partial charge in [0, 0.05) is 36.6 Å². The van der Waals surface area contributed by atoms with Gasteiger partial charge in [0.05, 0.1) is 35.4 Å². The van der Waals surface area contributed by atoms with Crippen LogP contribution in [0, 0.1) is 17.3 Å². The third kappa shape index (κ3) is 5.00. The fourth-order valence-electron chi connectivity index (χ4n) is 3.93. The summed E-state index contributed by atoms with van der Waals surface area (Å²) in [5, 5.41) is 27.0. The Morgan fingerprint density at radius 3 is 2.82 bits per heavy atom. The van der Waals surface area contributed by atoms with Gasteiger partial charge in [-0.2, -0.15) is 10.4 Å². The number of pyridine rings is 2. The van der Waals surface area contributed by atoms with Crippen LogP contribution in [0.2, 0.25) is 5.02 Å². The molecule has 0 aromatic carbocycles. The molecule has 1 aliphatic rings. The topological polar surface area (TPSA) is 125 Å². The summed E-state index contributed by atoms with van der Waals surface area (Å²) < 4.78 is 20.9. The number of aliphatic hydroxyl groups is 1. The van der Waals surface area contributed by atoms with Gasteiger partial charge in [0.25, 0.3) is 0 Å². The molecule has 4 N–H and O–H groups in total. The largest absolute Gasteiger partial charge is 0.479 e. The maximum atomic E-state index is 13.3. The zero-order valence-electron chi connectivity index (χ0n) is 18.6. The second-order valence-corrected chi connectivity index (χ2v) is 8.52. The van der Waals surface area contributed by atoms with Crippen molar-refractivity contribution in [1.29, 1.82) is 5.26 Å². The van der Waals surface area contributed by atoms with E-state index in [9.17, 15) is 9.50 Å². The molecule has 1 saturated heterocycles. The molecule has 1 aliphatic heterocycles. The molecular formula is C23H25ClFN7O2. The van der Waals surface area contributed by atoms with E-state index in [-0.39, 0.29) is 12.6 Å². The number of hydrogen-bond acceptors (Lipinski definition) is 8. The molecule has 1 unspecified atom stereocenters. The quantitative estimate of drug-likeness (QED) is 0.436. The van der Waals surface area contributed by atoms with Gasteiger partial charge >= 0.3 is 0 Å². The van der Waals surface area contributed by atoms with Crippen LogP contribution in [0.5, 0.6) is 5.75 Å². The molecule has 0 spiro atoms. The Kier molecular flexibility index (Phi) is 7.05. The highest BCUT2D eigenvalue weighted by atomic mass is 35.5. The van der Waals surface area contributed by atoms with E-state index in [0.717, 1.165) is 24.7 Å². The number of nitrogens with one attached hydrogen (secondary N) is 1. The summed E-state index contributed by atoms with van der Waals surface area (Å²) in [5.74, 6) is -0.133. The van der Waals surface area contributed by atoms with Gasteiger partial charge in [0.1, 0.15) is 17.1 Å². The number of fused-ring (bicyclic) bond motifs is 1. The number of aromatic nitrogens is 3. The lowest BCUT2D eigenvalue weighted by molar-refractivity contribution is 0.114. The molecule has 1 atom stereocenters. The summed E-state index contributed by atoms with van der Waals surface area (Å²) in [6.07, 6.45) is 7.31. The zero-order chi connectivity index (χ0) is 24.2. The van der Waals surface area contributed by atoms with Crippen LogP contribution in [0.15, 0.2) is 42.5 Å². The van der Waals surface area contributed by atoms with Crippen molar-refractivity contribution >= 4 is 22.8 Å². The van der Waals surface area contributed by atoms with Crippen LogP contribution < -0.4 is 15.8 Å². The molecule has 4 rings (SSSR count). The van der Waals surface area contributed by atoms with Gasteiger partial charge in [-0.3, -0.25) is 4.98 Å². The highest BCUT2D eigenvalue weighted by Gasteiger charge is 2.21. The average Bonchev–Trinajstić information content (AvgIpc) is 3.23. The third-order valence-corrected chi connectivity index (χ3v) is 6.10. The van der Waals surface area contributed by atoms with Crippen LogP contribution in [-0.2, 0) is 0 Å². The number of allylic oxidation sites excluding steroid dienone is 1. The van der Waals surface area contributed by atoms with Crippen LogP contribution in [0.25, 0.3) is 11.2 Å². The lowest BCUT2D eigenvalue weighted by Gasteiger charge is -2.30. The molecule has 34 heavy (non-hydrogen) atoms. The van der Waals surface area contributed by atoms with Crippen molar-refractivity contribution in [3.8, 4) is 11.9 Å². The number of aliphatic hydroxyl groups excluding tert-OH is 1. The summed E-state index contributed by atoms with van der Waals surface area (Å²) >= 11 is 6.34. The summed E-state index contributed by atoms with van der Waals surface area (Å²) in [6.45, 7) is 2.92. The summed E-state index contributed by atoms with van der Waals surface area (Å²) in [5.41, 5.74) is 9.30. The minimum atomic E-state index is -0.847. The first-order valence-corrected chi connectivity index (χ1v) is 11.2. The van der Waals surface area contributed by atoms with E-state index < -0.39 is 11.9 Å². The smallest absolute Gasteiger partial charge is 0.179 e. The van der Waals surface area contributed by atoms with Gasteiger partial charge in [-0.25, -0.2) is 8.91 Å². The lowest BCUT2D eigenvalue weighted by atomic mass is 10.0.